The Bertz CT molecular complexity index is 646. The van der Waals surface area contributed by atoms with Crippen LogP contribution in [0, 0.1) is 6.92 Å². The van der Waals surface area contributed by atoms with E-state index in [9.17, 15) is 4.79 Å². The molecule has 22 heavy (non-hydrogen) atoms. The summed E-state index contributed by atoms with van der Waals surface area (Å²) in [5.74, 6) is 0.147. The van der Waals surface area contributed by atoms with Crippen molar-refractivity contribution >= 4 is 17.2 Å². The number of benzene rings is 1. The van der Waals surface area contributed by atoms with Gasteiger partial charge >= 0.3 is 0 Å². The molecule has 1 saturated carbocycles. The fourth-order valence-corrected chi connectivity index (χ4v) is 3.19. The zero-order valence-corrected chi connectivity index (χ0v) is 13.9. The first-order chi connectivity index (χ1) is 10.6. The molecule has 116 valence electrons. The molecule has 2 aromatic rings. The Morgan fingerprint density at radius 2 is 2.09 bits per heavy atom. The molecular weight excluding hydrogens is 294 g/mol. The SMILES string of the molecule is Cc1ccc(-c2nc(C[NH+](C)CC(=O)NC3CC3)cs2)cc1. The highest BCUT2D eigenvalue weighted by Crippen LogP contribution is 2.23. The molecule has 1 amide bonds. The average Bonchev–Trinajstić information content (AvgIpc) is 3.16. The maximum Gasteiger partial charge on any atom is 0.275 e. The van der Waals surface area contributed by atoms with Crippen molar-refractivity contribution in [2.75, 3.05) is 13.6 Å². The first-order valence-corrected chi connectivity index (χ1v) is 8.60. The Hall–Kier alpha value is -1.72. The van der Waals surface area contributed by atoms with Gasteiger partial charge in [-0.2, -0.15) is 0 Å². The van der Waals surface area contributed by atoms with Gasteiger partial charge in [-0.25, -0.2) is 4.98 Å². The number of carbonyl (C=O) groups is 1. The Balaban J connectivity index is 1.56. The molecule has 1 fully saturated rings. The Labute approximate surface area is 135 Å². The van der Waals surface area contributed by atoms with Gasteiger partial charge in [0.2, 0.25) is 0 Å². The van der Waals surface area contributed by atoms with Crippen molar-refractivity contribution < 1.29 is 9.69 Å². The number of nitrogens with zero attached hydrogens (tertiary/aromatic N) is 1. The number of nitrogens with one attached hydrogen (secondary N) is 2. The minimum atomic E-state index is 0.147. The van der Waals surface area contributed by atoms with Gasteiger partial charge in [0.15, 0.2) is 6.54 Å². The summed E-state index contributed by atoms with van der Waals surface area (Å²) < 4.78 is 0. The number of carbonyl (C=O) groups excluding carboxylic acids is 1. The summed E-state index contributed by atoms with van der Waals surface area (Å²) in [7, 11) is 2.04. The minimum Gasteiger partial charge on any atom is -0.348 e. The number of aromatic nitrogens is 1. The number of rotatable bonds is 6. The number of hydrogen-bond donors (Lipinski definition) is 2. The van der Waals surface area contributed by atoms with Crippen LogP contribution in [-0.4, -0.2) is 30.5 Å². The fourth-order valence-electron chi connectivity index (χ4n) is 2.37. The van der Waals surface area contributed by atoms with Crippen LogP contribution in [0.5, 0.6) is 0 Å². The van der Waals surface area contributed by atoms with Crippen molar-refractivity contribution in [3.05, 3.63) is 40.9 Å². The van der Waals surface area contributed by atoms with E-state index in [4.69, 9.17) is 4.98 Å². The lowest BCUT2D eigenvalue weighted by molar-refractivity contribution is -0.885. The first-order valence-electron chi connectivity index (χ1n) is 7.72. The molecule has 0 bridgehead atoms. The normalized spacial score (nSPS) is 15.5. The van der Waals surface area contributed by atoms with Crippen molar-refractivity contribution in [1.82, 2.24) is 10.3 Å². The lowest BCUT2D eigenvalue weighted by atomic mass is 10.2. The predicted octanol–water partition coefficient (Wildman–Crippen LogP) is 1.41. The molecule has 0 spiro atoms. The van der Waals surface area contributed by atoms with E-state index in [2.05, 4.69) is 41.9 Å². The van der Waals surface area contributed by atoms with Gasteiger partial charge in [-0.1, -0.05) is 29.8 Å². The molecule has 0 aliphatic heterocycles. The van der Waals surface area contributed by atoms with E-state index in [1.54, 1.807) is 11.3 Å². The van der Waals surface area contributed by atoms with Crippen molar-refractivity contribution in [3.8, 4) is 10.6 Å². The fraction of sp³-hybridized carbons (Fsp3) is 0.412. The van der Waals surface area contributed by atoms with Crippen LogP contribution in [0.2, 0.25) is 0 Å². The molecule has 1 aliphatic rings. The van der Waals surface area contributed by atoms with Gasteiger partial charge in [0.25, 0.3) is 5.91 Å². The Kier molecular flexibility index (Phi) is 4.55. The van der Waals surface area contributed by atoms with Crippen LogP contribution in [0.25, 0.3) is 10.6 Å². The van der Waals surface area contributed by atoms with E-state index in [0.29, 0.717) is 12.6 Å². The molecule has 4 nitrogen and oxygen atoms in total. The number of quaternary nitrogens is 1. The van der Waals surface area contributed by atoms with E-state index >= 15 is 0 Å². The van der Waals surface area contributed by atoms with Crippen LogP contribution >= 0.6 is 11.3 Å². The summed E-state index contributed by atoms with van der Waals surface area (Å²) in [4.78, 5) is 17.7. The average molecular weight is 316 g/mol. The van der Waals surface area contributed by atoms with Crippen molar-refractivity contribution in [2.45, 2.75) is 32.4 Å². The maximum atomic E-state index is 11.8. The highest BCUT2D eigenvalue weighted by atomic mass is 32.1. The molecule has 1 unspecified atom stereocenters. The zero-order chi connectivity index (χ0) is 15.5. The monoisotopic (exact) mass is 316 g/mol. The Morgan fingerprint density at radius 1 is 1.36 bits per heavy atom. The maximum absolute atomic E-state index is 11.8. The van der Waals surface area contributed by atoms with E-state index in [0.717, 1.165) is 35.7 Å². The van der Waals surface area contributed by atoms with Crippen LogP contribution < -0.4 is 10.2 Å². The van der Waals surface area contributed by atoms with Crippen LogP contribution in [-0.2, 0) is 11.3 Å². The molecule has 0 saturated heterocycles. The lowest BCUT2D eigenvalue weighted by Gasteiger charge is -2.12. The van der Waals surface area contributed by atoms with Crippen molar-refractivity contribution in [1.29, 1.82) is 0 Å². The number of likely N-dealkylation sites (N-methyl/N-ethyl adjacent to an activating group) is 1. The quantitative estimate of drug-likeness (QED) is 0.846. The van der Waals surface area contributed by atoms with Crippen molar-refractivity contribution in [2.24, 2.45) is 0 Å². The molecule has 5 heteroatoms. The molecule has 1 atom stereocenters. The molecule has 2 N–H and O–H groups in total. The molecule has 1 aromatic heterocycles. The summed E-state index contributed by atoms with van der Waals surface area (Å²) in [6.45, 7) is 3.37. The van der Waals surface area contributed by atoms with Gasteiger partial charge in [-0.15, -0.1) is 11.3 Å². The molecule has 3 rings (SSSR count). The zero-order valence-electron chi connectivity index (χ0n) is 13.1. The highest BCUT2D eigenvalue weighted by molar-refractivity contribution is 7.13. The van der Waals surface area contributed by atoms with Crippen LogP contribution in [0.4, 0.5) is 0 Å². The lowest BCUT2D eigenvalue weighted by Crippen LogP contribution is -3.09. The van der Waals surface area contributed by atoms with Crippen LogP contribution in [0.1, 0.15) is 24.1 Å². The van der Waals surface area contributed by atoms with Gasteiger partial charge in [0, 0.05) is 17.0 Å². The summed E-state index contributed by atoms with van der Waals surface area (Å²) >= 11 is 1.67. The molecule has 1 aromatic carbocycles. The van der Waals surface area contributed by atoms with Crippen LogP contribution in [0.15, 0.2) is 29.6 Å². The molecule has 1 aliphatic carbocycles. The summed E-state index contributed by atoms with van der Waals surface area (Å²) in [6.07, 6.45) is 2.27. The summed E-state index contributed by atoms with van der Waals surface area (Å²) in [5.41, 5.74) is 3.47. The summed E-state index contributed by atoms with van der Waals surface area (Å²) in [5, 5.41) is 6.17. The molecule has 0 radical (unpaired) electrons. The number of hydrogen-bond acceptors (Lipinski definition) is 3. The standard InChI is InChI=1S/C17H21N3OS/c1-12-3-5-13(6-4-12)17-19-15(11-22-17)9-20(2)10-16(21)18-14-7-8-14/h3-6,11,14H,7-10H2,1-2H3,(H,18,21)/p+1. The largest absolute Gasteiger partial charge is 0.348 e. The second-order valence-corrected chi connectivity index (χ2v) is 7.02. The molecular formula is C17H22N3OS+. The summed E-state index contributed by atoms with van der Waals surface area (Å²) in [6, 6.07) is 8.87. The minimum absolute atomic E-state index is 0.147. The van der Waals surface area contributed by atoms with Crippen LogP contribution in [0.3, 0.4) is 0 Å². The molecule has 1 heterocycles. The third-order valence-corrected chi connectivity index (χ3v) is 4.68. The first kappa shape index (κ1) is 15.2. The highest BCUT2D eigenvalue weighted by Gasteiger charge is 2.24. The van der Waals surface area contributed by atoms with E-state index in [1.807, 2.05) is 7.05 Å². The third kappa shape index (κ3) is 4.15. The Morgan fingerprint density at radius 3 is 2.77 bits per heavy atom. The van der Waals surface area contributed by atoms with Gasteiger partial charge in [0.1, 0.15) is 17.2 Å². The topological polar surface area (TPSA) is 46.4 Å². The van der Waals surface area contributed by atoms with Gasteiger partial charge in [0.05, 0.1) is 7.05 Å². The van der Waals surface area contributed by atoms with Gasteiger partial charge < -0.3 is 10.2 Å². The van der Waals surface area contributed by atoms with Crippen molar-refractivity contribution in [3.63, 3.8) is 0 Å². The number of thiazole rings is 1. The van der Waals surface area contributed by atoms with E-state index < -0.39 is 0 Å². The van der Waals surface area contributed by atoms with Gasteiger partial charge in [-0.3, -0.25) is 4.79 Å². The smallest absolute Gasteiger partial charge is 0.275 e. The second-order valence-electron chi connectivity index (χ2n) is 6.16. The predicted molar refractivity (Wildman–Crippen MR) is 88.9 cm³/mol. The van der Waals surface area contributed by atoms with Gasteiger partial charge in [-0.05, 0) is 19.8 Å². The number of aryl methyl sites for hydroxylation is 1. The van der Waals surface area contributed by atoms with E-state index in [1.165, 1.54) is 10.5 Å². The third-order valence-electron chi connectivity index (χ3n) is 3.74. The number of amides is 1. The van der Waals surface area contributed by atoms with E-state index in [-0.39, 0.29) is 5.91 Å². The second kappa shape index (κ2) is 6.58.